The maximum absolute atomic E-state index is 2.47. The standard InChI is InChI=1S/C12H13.C9H7.BrH.ClH.Zr/c1-9(2)12-7-10-5-3-4-6-11(10)8-12;1-2-5-9-7-3-6-8(9)4-1;;;/h3-9H,1-2H3;1-7H;2*1H;/q;;;;+2/p-2. The van der Waals surface area contributed by atoms with E-state index in [1.807, 2.05) is 0 Å². The minimum Gasteiger partial charge on any atom is -1.00 e. The summed E-state index contributed by atoms with van der Waals surface area (Å²) in [6.07, 6.45) is 7.27. The molecule has 122 valence electrons. The molecule has 0 heterocycles. The first-order valence-corrected chi connectivity index (χ1v) is 10.9. The topological polar surface area (TPSA) is 0 Å². The Morgan fingerprint density at radius 3 is 2.21 bits per heavy atom. The Labute approximate surface area is 173 Å². The van der Waals surface area contributed by atoms with Crippen molar-refractivity contribution >= 4 is 12.2 Å². The molecule has 0 aliphatic heterocycles. The van der Waals surface area contributed by atoms with Gasteiger partial charge in [0.05, 0.1) is 0 Å². The summed E-state index contributed by atoms with van der Waals surface area (Å²) in [5, 5.41) is 0. The predicted molar refractivity (Wildman–Crippen MR) is 90.2 cm³/mol. The Hall–Kier alpha value is -0.427. The van der Waals surface area contributed by atoms with Gasteiger partial charge in [0, 0.05) is 0 Å². The zero-order chi connectivity index (χ0) is 15.1. The summed E-state index contributed by atoms with van der Waals surface area (Å²) in [5.74, 6) is 0.652. The van der Waals surface area contributed by atoms with Crippen LogP contribution in [0.15, 0.2) is 60.2 Å². The van der Waals surface area contributed by atoms with Crippen LogP contribution >= 0.6 is 0 Å². The van der Waals surface area contributed by atoms with Crippen LogP contribution in [0.25, 0.3) is 12.2 Å². The van der Waals surface area contributed by atoms with Crippen LogP contribution in [-0.2, 0) is 23.2 Å². The van der Waals surface area contributed by atoms with Crippen molar-refractivity contribution in [2.24, 2.45) is 5.92 Å². The van der Waals surface area contributed by atoms with E-state index in [2.05, 4.69) is 80.6 Å². The number of halogens is 2. The molecular weight excluding hydrogens is 459 g/mol. The van der Waals surface area contributed by atoms with Crippen molar-refractivity contribution in [3.8, 4) is 0 Å². The van der Waals surface area contributed by atoms with E-state index < -0.39 is 23.2 Å². The van der Waals surface area contributed by atoms with Crippen molar-refractivity contribution in [1.82, 2.24) is 0 Å². The molecule has 2 unspecified atom stereocenters. The van der Waals surface area contributed by atoms with Gasteiger partial charge in [-0.3, -0.25) is 0 Å². The molecule has 0 saturated carbocycles. The second-order valence-electron chi connectivity index (χ2n) is 6.49. The largest absolute Gasteiger partial charge is 1.00 e. The summed E-state index contributed by atoms with van der Waals surface area (Å²) >= 11 is -0.632. The maximum Gasteiger partial charge on any atom is -1.00 e. The fourth-order valence-electron chi connectivity index (χ4n) is 3.61. The van der Waals surface area contributed by atoms with Gasteiger partial charge in [-0.25, -0.2) is 0 Å². The van der Waals surface area contributed by atoms with Crippen LogP contribution in [0.3, 0.4) is 0 Å². The van der Waals surface area contributed by atoms with Crippen LogP contribution in [-0.4, -0.2) is 0 Å². The predicted octanol–water partition coefficient (Wildman–Crippen LogP) is -0.361. The molecule has 2 aromatic carbocycles. The molecule has 0 aromatic heterocycles. The minimum atomic E-state index is -0.632. The van der Waals surface area contributed by atoms with Crippen LogP contribution in [0.2, 0.25) is 0 Å². The van der Waals surface area contributed by atoms with Gasteiger partial charge in [-0.05, 0) is 0 Å². The summed E-state index contributed by atoms with van der Waals surface area (Å²) in [4.78, 5) is 0. The van der Waals surface area contributed by atoms with Crippen molar-refractivity contribution in [1.29, 1.82) is 0 Å². The molecule has 0 amide bonds. The fourth-order valence-corrected chi connectivity index (χ4v) is 8.67. The summed E-state index contributed by atoms with van der Waals surface area (Å²) in [6.45, 7) is 4.70. The molecule has 0 bridgehead atoms. The van der Waals surface area contributed by atoms with Crippen molar-refractivity contribution in [3.63, 3.8) is 0 Å². The van der Waals surface area contributed by atoms with Crippen molar-refractivity contribution in [3.05, 3.63) is 82.4 Å². The zero-order valence-corrected chi connectivity index (χ0v) is 18.6. The fraction of sp³-hybridized carbons (Fsp3) is 0.238. The number of hydrogen-bond donors (Lipinski definition) is 0. The monoisotopic (exact) mass is 476 g/mol. The Kier molecular flexibility index (Phi) is 6.88. The molecule has 3 heteroatoms. The molecule has 2 aromatic rings. The summed E-state index contributed by atoms with van der Waals surface area (Å²) in [6, 6.07) is 18.0. The Morgan fingerprint density at radius 2 is 1.50 bits per heavy atom. The van der Waals surface area contributed by atoms with Crippen LogP contribution < -0.4 is 29.4 Å². The molecule has 2 aliphatic carbocycles. The van der Waals surface area contributed by atoms with Gasteiger partial charge in [0.25, 0.3) is 0 Å². The van der Waals surface area contributed by atoms with Crippen LogP contribution in [0.5, 0.6) is 0 Å². The van der Waals surface area contributed by atoms with E-state index >= 15 is 0 Å². The summed E-state index contributed by atoms with van der Waals surface area (Å²) in [7, 11) is 0. The van der Waals surface area contributed by atoms with Gasteiger partial charge in [0.2, 0.25) is 0 Å². The molecular formula is C21H20BrClZr. The van der Waals surface area contributed by atoms with Crippen LogP contribution in [0, 0.1) is 5.92 Å². The quantitative estimate of drug-likeness (QED) is 0.565. The van der Waals surface area contributed by atoms with E-state index in [4.69, 9.17) is 0 Å². The molecule has 0 radical (unpaired) electrons. The molecule has 4 rings (SSSR count). The van der Waals surface area contributed by atoms with Gasteiger partial charge < -0.3 is 29.4 Å². The molecule has 0 nitrogen and oxygen atoms in total. The SMILES string of the molecule is CC(C)C1=Cc2ccccc2[CH]1[Zr+2][CH]1C=Cc2ccccc21.[Br-].[Cl-]. The first-order chi connectivity index (χ1) is 10.7. The maximum atomic E-state index is 2.47. The smallest absolute Gasteiger partial charge is 1.00 e. The molecule has 2 aliphatic rings. The summed E-state index contributed by atoms with van der Waals surface area (Å²) < 4.78 is 1.46. The van der Waals surface area contributed by atoms with Crippen molar-refractivity contribution < 1.29 is 52.6 Å². The van der Waals surface area contributed by atoms with E-state index in [0.29, 0.717) is 5.92 Å². The second kappa shape index (κ2) is 8.30. The molecule has 0 N–H and O–H groups in total. The number of fused-ring (bicyclic) bond motifs is 2. The first kappa shape index (κ1) is 19.9. The van der Waals surface area contributed by atoms with Gasteiger partial charge >= 0.3 is 145 Å². The minimum absolute atomic E-state index is 0. The third-order valence-electron chi connectivity index (χ3n) is 4.77. The number of benzene rings is 2. The number of hydrogen-bond acceptors (Lipinski definition) is 0. The summed E-state index contributed by atoms with van der Waals surface area (Å²) in [5.41, 5.74) is 7.74. The average molecular weight is 479 g/mol. The van der Waals surface area contributed by atoms with Gasteiger partial charge in [-0.2, -0.15) is 0 Å². The van der Waals surface area contributed by atoms with Crippen molar-refractivity contribution in [2.45, 2.75) is 21.1 Å². The van der Waals surface area contributed by atoms with Crippen molar-refractivity contribution in [2.75, 3.05) is 0 Å². The average Bonchev–Trinajstić information content (AvgIpc) is 3.10. The molecule has 24 heavy (non-hydrogen) atoms. The third-order valence-corrected chi connectivity index (χ3v) is 9.30. The molecule has 2 atom stereocenters. The van der Waals surface area contributed by atoms with E-state index in [9.17, 15) is 0 Å². The molecule has 0 fully saturated rings. The second-order valence-corrected chi connectivity index (χ2v) is 10.3. The normalized spacial score (nSPS) is 19.7. The van der Waals surface area contributed by atoms with Crippen LogP contribution in [0.1, 0.15) is 43.4 Å². The molecule has 0 saturated heterocycles. The Bertz CT molecular complexity index is 779. The van der Waals surface area contributed by atoms with Gasteiger partial charge in [-0.15, -0.1) is 0 Å². The van der Waals surface area contributed by atoms with E-state index in [0.717, 1.165) is 7.25 Å². The zero-order valence-electron chi connectivity index (χ0n) is 13.8. The number of allylic oxidation sites excluding steroid dienone is 2. The van der Waals surface area contributed by atoms with E-state index in [1.54, 1.807) is 16.7 Å². The van der Waals surface area contributed by atoms with Gasteiger partial charge in [0.1, 0.15) is 0 Å². The van der Waals surface area contributed by atoms with Gasteiger partial charge in [-0.1, -0.05) is 0 Å². The van der Waals surface area contributed by atoms with E-state index in [-0.39, 0.29) is 29.4 Å². The van der Waals surface area contributed by atoms with Crippen LogP contribution in [0.4, 0.5) is 0 Å². The van der Waals surface area contributed by atoms with Gasteiger partial charge in [0.15, 0.2) is 0 Å². The number of rotatable bonds is 3. The first-order valence-electron chi connectivity index (χ1n) is 8.07. The van der Waals surface area contributed by atoms with E-state index in [1.165, 1.54) is 11.1 Å². The third kappa shape index (κ3) is 3.57. The molecule has 0 spiro atoms. The Morgan fingerprint density at radius 1 is 0.875 bits per heavy atom. The Balaban J connectivity index is 0.00000104.